The summed E-state index contributed by atoms with van der Waals surface area (Å²) < 4.78 is 12.9. The number of likely N-dealkylation sites (tertiary alicyclic amines) is 1. The van der Waals surface area contributed by atoms with Gasteiger partial charge in [-0.15, -0.1) is 0 Å². The minimum Gasteiger partial charge on any atom is -0.370 e. The summed E-state index contributed by atoms with van der Waals surface area (Å²) in [5.41, 5.74) is 12.3. The Bertz CT molecular complexity index is 523. The summed E-state index contributed by atoms with van der Waals surface area (Å²) in [5, 5.41) is 0. The SMILES string of the molecule is NC(=O)C(CN=C(N)N1CCCCC1)Cc1ccc(F)cc1. The van der Waals surface area contributed by atoms with E-state index in [9.17, 15) is 9.18 Å². The van der Waals surface area contributed by atoms with Crippen molar-refractivity contribution in [2.75, 3.05) is 19.6 Å². The maximum atomic E-state index is 12.9. The van der Waals surface area contributed by atoms with Gasteiger partial charge in [0.2, 0.25) is 5.91 Å². The van der Waals surface area contributed by atoms with Crippen LogP contribution in [0.4, 0.5) is 4.39 Å². The van der Waals surface area contributed by atoms with Gasteiger partial charge >= 0.3 is 0 Å². The number of hydrogen-bond donors (Lipinski definition) is 2. The molecule has 6 heteroatoms. The molecule has 1 heterocycles. The average Bonchev–Trinajstić information content (AvgIpc) is 2.53. The lowest BCUT2D eigenvalue weighted by atomic mass is 9.99. The predicted octanol–water partition coefficient (Wildman–Crippen LogP) is 1.27. The molecule has 1 fully saturated rings. The topological polar surface area (TPSA) is 84.7 Å². The predicted molar refractivity (Wildman–Crippen MR) is 84.7 cm³/mol. The maximum Gasteiger partial charge on any atom is 0.222 e. The summed E-state index contributed by atoms with van der Waals surface area (Å²) in [6.45, 7) is 2.08. The number of carbonyl (C=O) groups excluding carboxylic acids is 1. The van der Waals surface area contributed by atoms with E-state index in [1.54, 1.807) is 12.1 Å². The Labute approximate surface area is 130 Å². The van der Waals surface area contributed by atoms with Gasteiger partial charge in [-0.3, -0.25) is 9.79 Å². The van der Waals surface area contributed by atoms with Gasteiger partial charge < -0.3 is 16.4 Å². The fourth-order valence-electron chi connectivity index (χ4n) is 2.59. The van der Waals surface area contributed by atoms with E-state index in [0.717, 1.165) is 31.5 Å². The molecule has 1 atom stereocenters. The van der Waals surface area contributed by atoms with Crippen LogP contribution in [-0.4, -0.2) is 36.4 Å². The number of nitrogens with two attached hydrogens (primary N) is 2. The van der Waals surface area contributed by atoms with E-state index in [1.165, 1.54) is 18.6 Å². The number of primary amides is 1. The fraction of sp³-hybridized carbons (Fsp3) is 0.500. The van der Waals surface area contributed by atoms with Crippen molar-refractivity contribution in [2.24, 2.45) is 22.4 Å². The molecule has 5 nitrogen and oxygen atoms in total. The summed E-state index contributed by atoms with van der Waals surface area (Å²) >= 11 is 0. The number of benzene rings is 1. The second-order valence-electron chi connectivity index (χ2n) is 5.68. The number of hydrogen-bond acceptors (Lipinski definition) is 2. The highest BCUT2D eigenvalue weighted by molar-refractivity contribution is 5.80. The fourth-order valence-corrected chi connectivity index (χ4v) is 2.59. The molecular weight excluding hydrogens is 283 g/mol. The summed E-state index contributed by atoms with van der Waals surface area (Å²) in [7, 11) is 0. The van der Waals surface area contributed by atoms with Gasteiger partial charge in [0.1, 0.15) is 5.82 Å². The Balaban J connectivity index is 1.96. The quantitative estimate of drug-likeness (QED) is 0.634. The molecule has 0 aliphatic carbocycles. The zero-order chi connectivity index (χ0) is 15.9. The highest BCUT2D eigenvalue weighted by atomic mass is 19.1. The van der Waals surface area contributed by atoms with Gasteiger partial charge in [-0.25, -0.2) is 4.39 Å². The van der Waals surface area contributed by atoms with E-state index in [-0.39, 0.29) is 12.4 Å². The van der Waals surface area contributed by atoms with Crippen molar-refractivity contribution in [2.45, 2.75) is 25.7 Å². The van der Waals surface area contributed by atoms with Crippen molar-refractivity contribution < 1.29 is 9.18 Å². The van der Waals surface area contributed by atoms with E-state index < -0.39 is 11.8 Å². The van der Waals surface area contributed by atoms with Gasteiger partial charge in [-0.05, 0) is 43.4 Å². The Hall–Kier alpha value is -2.11. The maximum absolute atomic E-state index is 12.9. The molecule has 1 aromatic rings. The number of carbonyl (C=O) groups is 1. The minimum atomic E-state index is -0.436. The first kappa shape index (κ1) is 16.3. The first-order chi connectivity index (χ1) is 10.6. The van der Waals surface area contributed by atoms with Gasteiger partial charge in [-0.1, -0.05) is 12.1 Å². The first-order valence-corrected chi connectivity index (χ1v) is 7.65. The standard InChI is InChI=1S/C16H23FN4O/c17-14-6-4-12(5-7-14)10-13(15(18)22)11-20-16(19)21-8-2-1-3-9-21/h4-7,13H,1-3,8-11H2,(H2,18,22)(H2,19,20). The Morgan fingerprint density at radius 3 is 2.41 bits per heavy atom. The normalized spacial score (nSPS) is 17.3. The van der Waals surface area contributed by atoms with Crippen LogP contribution in [0.25, 0.3) is 0 Å². The molecular formula is C16H23FN4O. The Morgan fingerprint density at radius 1 is 1.18 bits per heavy atom. The lowest BCUT2D eigenvalue weighted by molar-refractivity contribution is -0.121. The molecule has 2 rings (SSSR count). The third kappa shape index (κ3) is 4.72. The van der Waals surface area contributed by atoms with Gasteiger partial charge in [0.05, 0.1) is 12.5 Å². The van der Waals surface area contributed by atoms with Crippen LogP contribution in [0.1, 0.15) is 24.8 Å². The van der Waals surface area contributed by atoms with Crippen LogP contribution in [0.15, 0.2) is 29.3 Å². The average molecular weight is 306 g/mol. The molecule has 0 saturated carbocycles. The van der Waals surface area contributed by atoms with Crippen LogP contribution in [0.2, 0.25) is 0 Å². The van der Waals surface area contributed by atoms with Crippen LogP contribution in [-0.2, 0) is 11.2 Å². The highest BCUT2D eigenvalue weighted by Gasteiger charge is 2.17. The molecule has 120 valence electrons. The van der Waals surface area contributed by atoms with Crippen LogP contribution in [0.5, 0.6) is 0 Å². The Kier molecular flexibility index (Phi) is 5.75. The van der Waals surface area contributed by atoms with Crippen molar-refractivity contribution in [1.82, 2.24) is 4.90 Å². The summed E-state index contributed by atoms with van der Waals surface area (Å²) in [6.07, 6.45) is 3.89. The number of aliphatic imine (C=N–C) groups is 1. The summed E-state index contributed by atoms with van der Waals surface area (Å²) in [4.78, 5) is 18.0. The second kappa shape index (κ2) is 7.77. The molecule has 1 unspecified atom stereocenters. The minimum absolute atomic E-state index is 0.259. The Morgan fingerprint density at radius 2 is 1.82 bits per heavy atom. The zero-order valence-electron chi connectivity index (χ0n) is 12.7. The van der Waals surface area contributed by atoms with Crippen LogP contribution < -0.4 is 11.5 Å². The molecule has 1 aromatic carbocycles. The van der Waals surface area contributed by atoms with E-state index in [0.29, 0.717) is 12.4 Å². The van der Waals surface area contributed by atoms with Crippen molar-refractivity contribution in [3.63, 3.8) is 0 Å². The number of guanidine groups is 1. The molecule has 1 amide bonds. The lowest BCUT2D eigenvalue weighted by Gasteiger charge is -2.27. The number of nitrogens with zero attached hydrogens (tertiary/aromatic N) is 2. The third-order valence-electron chi connectivity index (χ3n) is 3.95. The molecule has 4 N–H and O–H groups in total. The molecule has 0 radical (unpaired) electrons. The van der Waals surface area contributed by atoms with Crippen LogP contribution in [0, 0.1) is 11.7 Å². The highest BCUT2D eigenvalue weighted by Crippen LogP contribution is 2.12. The summed E-state index contributed by atoms with van der Waals surface area (Å²) in [5.74, 6) is -0.676. The van der Waals surface area contributed by atoms with E-state index >= 15 is 0 Å². The number of rotatable bonds is 5. The number of amides is 1. The molecule has 0 spiro atoms. The van der Waals surface area contributed by atoms with Crippen molar-refractivity contribution in [3.05, 3.63) is 35.6 Å². The van der Waals surface area contributed by atoms with Gasteiger partial charge in [0, 0.05) is 13.1 Å². The van der Waals surface area contributed by atoms with E-state index in [4.69, 9.17) is 11.5 Å². The number of piperidine rings is 1. The van der Waals surface area contributed by atoms with Gasteiger partial charge in [0.15, 0.2) is 5.96 Å². The largest absolute Gasteiger partial charge is 0.370 e. The molecule has 22 heavy (non-hydrogen) atoms. The molecule has 1 saturated heterocycles. The lowest BCUT2D eigenvalue weighted by Crippen LogP contribution is -2.41. The van der Waals surface area contributed by atoms with Crippen molar-refractivity contribution in [3.8, 4) is 0 Å². The molecule has 1 aliphatic heterocycles. The molecule has 0 aromatic heterocycles. The third-order valence-corrected chi connectivity index (χ3v) is 3.95. The van der Waals surface area contributed by atoms with E-state index in [1.807, 2.05) is 4.90 Å². The van der Waals surface area contributed by atoms with Crippen LogP contribution >= 0.6 is 0 Å². The van der Waals surface area contributed by atoms with Crippen molar-refractivity contribution in [1.29, 1.82) is 0 Å². The second-order valence-corrected chi connectivity index (χ2v) is 5.68. The molecule has 0 bridgehead atoms. The van der Waals surface area contributed by atoms with Crippen LogP contribution in [0.3, 0.4) is 0 Å². The zero-order valence-corrected chi connectivity index (χ0v) is 12.7. The van der Waals surface area contributed by atoms with Gasteiger partial charge in [0.25, 0.3) is 0 Å². The first-order valence-electron chi connectivity index (χ1n) is 7.65. The smallest absolute Gasteiger partial charge is 0.222 e. The van der Waals surface area contributed by atoms with E-state index in [2.05, 4.69) is 4.99 Å². The number of halogens is 1. The van der Waals surface area contributed by atoms with Gasteiger partial charge in [-0.2, -0.15) is 0 Å². The monoisotopic (exact) mass is 306 g/mol. The van der Waals surface area contributed by atoms with Crippen molar-refractivity contribution >= 4 is 11.9 Å². The summed E-state index contributed by atoms with van der Waals surface area (Å²) in [6, 6.07) is 6.06. The molecule has 1 aliphatic rings.